The Hall–Kier alpha value is -2.99. The quantitative estimate of drug-likeness (QED) is 0.669. The minimum absolute atomic E-state index is 0.0224. The van der Waals surface area contributed by atoms with Crippen molar-refractivity contribution >= 4 is 17.6 Å². The Labute approximate surface area is 154 Å². The monoisotopic (exact) mass is 409 g/mol. The number of halogens is 6. The highest BCUT2D eigenvalue weighted by Gasteiger charge is 2.31. The predicted molar refractivity (Wildman–Crippen MR) is 84.4 cm³/mol. The van der Waals surface area contributed by atoms with Gasteiger partial charge in [-0.25, -0.2) is 0 Å². The molecule has 0 saturated heterocycles. The normalized spacial score (nSPS) is 14.5. The molecule has 1 aliphatic carbocycles. The van der Waals surface area contributed by atoms with Crippen LogP contribution < -0.4 is 20.1 Å². The van der Waals surface area contributed by atoms with Crippen molar-refractivity contribution in [3.8, 4) is 11.8 Å². The van der Waals surface area contributed by atoms with Crippen LogP contribution in [0.3, 0.4) is 0 Å². The van der Waals surface area contributed by atoms with Gasteiger partial charge in [0.1, 0.15) is 5.75 Å². The van der Waals surface area contributed by atoms with E-state index in [4.69, 9.17) is 0 Å². The Balaban J connectivity index is 1.73. The second kappa shape index (κ2) is 7.56. The third kappa shape index (κ3) is 6.63. The lowest BCUT2D eigenvalue weighted by molar-refractivity contribution is -0.274. The molecule has 0 bridgehead atoms. The van der Waals surface area contributed by atoms with E-state index in [1.165, 1.54) is 12.1 Å². The Bertz CT molecular complexity index is 808. The standard InChI is InChI=1S/C15H13F6N5O2/c16-14(17,18)7-27-13-25-11(22-8-1-2-8)24-12(26-13)23-9-3-5-10(6-4-9)28-15(19,20)21/h3-6,8H,1-2,7H2,(H2,22,23,24,25,26). The van der Waals surface area contributed by atoms with Crippen molar-refractivity contribution in [1.29, 1.82) is 0 Å². The Morgan fingerprint density at radius 2 is 1.57 bits per heavy atom. The van der Waals surface area contributed by atoms with Gasteiger partial charge in [0, 0.05) is 11.7 Å². The molecule has 7 nitrogen and oxygen atoms in total. The Kier molecular flexibility index (Phi) is 5.34. The Morgan fingerprint density at radius 1 is 0.929 bits per heavy atom. The maximum absolute atomic E-state index is 12.3. The number of aromatic nitrogens is 3. The van der Waals surface area contributed by atoms with Gasteiger partial charge in [-0.15, -0.1) is 13.2 Å². The number of nitrogens with one attached hydrogen (secondary N) is 2. The second-order valence-electron chi connectivity index (χ2n) is 5.78. The number of alkyl halides is 6. The summed E-state index contributed by atoms with van der Waals surface area (Å²) in [7, 11) is 0. The first-order valence-electron chi connectivity index (χ1n) is 7.91. The van der Waals surface area contributed by atoms with Crippen LogP contribution in [0.1, 0.15) is 12.8 Å². The van der Waals surface area contributed by atoms with Crippen LogP contribution in [0.2, 0.25) is 0 Å². The van der Waals surface area contributed by atoms with Crippen molar-refractivity contribution in [2.75, 3.05) is 17.2 Å². The summed E-state index contributed by atoms with van der Waals surface area (Å²) in [5.74, 6) is -0.548. The molecular formula is C15H13F6N5O2. The van der Waals surface area contributed by atoms with Gasteiger partial charge >= 0.3 is 18.5 Å². The Morgan fingerprint density at radius 3 is 2.14 bits per heavy atom. The summed E-state index contributed by atoms with van der Waals surface area (Å²) in [5, 5.41) is 5.57. The maximum atomic E-state index is 12.3. The van der Waals surface area contributed by atoms with Crippen LogP contribution in [0.15, 0.2) is 24.3 Å². The van der Waals surface area contributed by atoms with Crippen LogP contribution in [0, 0.1) is 0 Å². The van der Waals surface area contributed by atoms with Gasteiger partial charge < -0.3 is 20.1 Å². The molecular weight excluding hydrogens is 396 g/mol. The van der Waals surface area contributed by atoms with E-state index in [2.05, 4.69) is 35.1 Å². The van der Waals surface area contributed by atoms with E-state index in [1.54, 1.807) is 0 Å². The van der Waals surface area contributed by atoms with Crippen molar-refractivity contribution in [3.05, 3.63) is 24.3 Å². The summed E-state index contributed by atoms with van der Waals surface area (Å²) < 4.78 is 81.9. The van der Waals surface area contributed by atoms with E-state index in [1.807, 2.05) is 0 Å². The molecule has 2 N–H and O–H groups in total. The van der Waals surface area contributed by atoms with Gasteiger partial charge in [-0.3, -0.25) is 0 Å². The molecule has 2 aromatic rings. The molecule has 1 aromatic carbocycles. The van der Waals surface area contributed by atoms with E-state index in [-0.39, 0.29) is 23.6 Å². The number of rotatable bonds is 7. The van der Waals surface area contributed by atoms with Crippen LogP contribution in [-0.4, -0.2) is 40.1 Å². The summed E-state index contributed by atoms with van der Waals surface area (Å²) in [6, 6.07) is 4.20. The van der Waals surface area contributed by atoms with E-state index in [0.29, 0.717) is 0 Å². The van der Waals surface area contributed by atoms with Crippen molar-refractivity contribution in [2.24, 2.45) is 0 Å². The van der Waals surface area contributed by atoms with Crippen molar-refractivity contribution in [3.63, 3.8) is 0 Å². The van der Waals surface area contributed by atoms with Crippen molar-refractivity contribution in [1.82, 2.24) is 15.0 Å². The predicted octanol–water partition coefficient (Wildman–Crippen LogP) is 4.03. The zero-order valence-corrected chi connectivity index (χ0v) is 13.9. The summed E-state index contributed by atoms with van der Waals surface area (Å²) in [5.41, 5.74) is 0.278. The first-order chi connectivity index (χ1) is 13.1. The van der Waals surface area contributed by atoms with Crippen LogP contribution >= 0.6 is 0 Å². The van der Waals surface area contributed by atoms with Crippen molar-refractivity contribution in [2.45, 2.75) is 31.4 Å². The van der Waals surface area contributed by atoms with Crippen LogP contribution in [0.25, 0.3) is 0 Å². The molecule has 1 aromatic heterocycles. The molecule has 0 amide bonds. The lowest BCUT2D eigenvalue weighted by Gasteiger charge is -2.12. The average molecular weight is 409 g/mol. The summed E-state index contributed by atoms with van der Waals surface area (Å²) in [6.07, 6.45) is -7.66. The zero-order chi connectivity index (χ0) is 20.4. The highest BCUT2D eigenvalue weighted by Crippen LogP contribution is 2.27. The highest BCUT2D eigenvalue weighted by molar-refractivity contribution is 5.55. The largest absolute Gasteiger partial charge is 0.573 e. The summed E-state index contributed by atoms with van der Waals surface area (Å²) in [4.78, 5) is 11.5. The van der Waals surface area contributed by atoms with Crippen molar-refractivity contribution < 1.29 is 35.8 Å². The molecule has 28 heavy (non-hydrogen) atoms. The molecule has 1 aliphatic rings. The molecule has 0 unspecified atom stereocenters. The fraction of sp³-hybridized carbons (Fsp3) is 0.400. The molecule has 1 saturated carbocycles. The zero-order valence-electron chi connectivity index (χ0n) is 13.9. The van der Waals surface area contributed by atoms with Gasteiger partial charge in [0.2, 0.25) is 11.9 Å². The lowest BCUT2D eigenvalue weighted by Crippen LogP contribution is -2.21. The van der Waals surface area contributed by atoms with Gasteiger partial charge in [0.25, 0.3) is 0 Å². The number of anilines is 3. The third-order valence-corrected chi connectivity index (χ3v) is 3.23. The summed E-state index contributed by atoms with van der Waals surface area (Å²) >= 11 is 0. The fourth-order valence-electron chi connectivity index (χ4n) is 1.97. The molecule has 0 aliphatic heterocycles. The molecule has 3 rings (SSSR count). The minimum atomic E-state index is -4.82. The van der Waals surface area contributed by atoms with E-state index >= 15 is 0 Å². The first kappa shape index (κ1) is 19.8. The summed E-state index contributed by atoms with van der Waals surface area (Å²) in [6.45, 7) is -1.58. The van der Waals surface area contributed by atoms with Gasteiger partial charge in [-0.05, 0) is 37.1 Å². The number of hydrogen-bond donors (Lipinski definition) is 2. The third-order valence-electron chi connectivity index (χ3n) is 3.23. The molecule has 0 radical (unpaired) electrons. The maximum Gasteiger partial charge on any atom is 0.573 e. The number of benzene rings is 1. The number of ether oxygens (including phenoxy) is 2. The smallest absolute Gasteiger partial charge is 0.454 e. The molecule has 13 heteroatoms. The van der Waals surface area contributed by atoms with E-state index < -0.39 is 30.9 Å². The average Bonchev–Trinajstić information content (AvgIpc) is 3.37. The minimum Gasteiger partial charge on any atom is -0.454 e. The number of hydrogen-bond acceptors (Lipinski definition) is 7. The van der Waals surface area contributed by atoms with Crippen LogP contribution in [0.5, 0.6) is 11.8 Å². The molecule has 1 heterocycles. The van der Waals surface area contributed by atoms with Gasteiger partial charge in [-0.1, -0.05) is 0 Å². The number of nitrogens with zero attached hydrogens (tertiary/aromatic N) is 3. The SMILES string of the molecule is FC(F)(F)COc1nc(Nc2ccc(OC(F)(F)F)cc2)nc(NC2CC2)n1. The second-order valence-corrected chi connectivity index (χ2v) is 5.78. The van der Waals surface area contributed by atoms with Crippen LogP contribution in [0.4, 0.5) is 43.9 Å². The molecule has 0 atom stereocenters. The van der Waals surface area contributed by atoms with Gasteiger partial charge in [-0.2, -0.15) is 28.1 Å². The van der Waals surface area contributed by atoms with Crippen LogP contribution in [-0.2, 0) is 0 Å². The van der Waals surface area contributed by atoms with Gasteiger partial charge in [0.05, 0.1) is 0 Å². The highest BCUT2D eigenvalue weighted by atomic mass is 19.4. The topological polar surface area (TPSA) is 81.2 Å². The first-order valence-corrected chi connectivity index (χ1v) is 7.91. The molecule has 152 valence electrons. The van der Waals surface area contributed by atoms with Gasteiger partial charge in [0.15, 0.2) is 6.61 Å². The van der Waals surface area contributed by atoms with E-state index in [0.717, 1.165) is 25.0 Å². The fourth-order valence-corrected chi connectivity index (χ4v) is 1.97. The lowest BCUT2D eigenvalue weighted by atomic mass is 10.3. The molecule has 0 spiro atoms. The molecule has 1 fully saturated rings. The van der Waals surface area contributed by atoms with E-state index in [9.17, 15) is 26.3 Å².